The number of hydrogen-bond acceptors (Lipinski definition) is 3. The zero-order chi connectivity index (χ0) is 12.0. The number of benzene rings is 1. The number of nitrogens with zero attached hydrogens (tertiary/aromatic N) is 1. The largest absolute Gasteiger partial charge is 0.399 e. The molecule has 3 nitrogen and oxygen atoms in total. The first-order chi connectivity index (χ1) is 8.04. The van der Waals surface area contributed by atoms with Gasteiger partial charge >= 0.3 is 0 Å². The van der Waals surface area contributed by atoms with Gasteiger partial charge in [-0.15, -0.1) is 0 Å². The predicted molar refractivity (Wildman–Crippen MR) is 72.0 cm³/mol. The van der Waals surface area contributed by atoms with E-state index in [1.54, 1.807) is 0 Å². The molecule has 1 aromatic carbocycles. The molecule has 0 bridgehead atoms. The minimum atomic E-state index is 0.414. The number of anilines is 2. The van der Waals surface area contributed by atoms with E-state index < -0.39 is 0 Å². The molecule has 1 heterocycles. The van der Waals surface area contributed by atoms with E-state index in [1.165, 1.54) is 6.42 Å². The van der Waals surface area contributed by atoms with Crippen LogP contribution in [0, 0.1) is 5.41 Å². The number of nitrogens with one attached hydrogen (secondary N) is 1. The van der Waals surface area contributed by atoms with E-state index in [1.807, 2.05) is 24.3 Å². The van der Waals surface area contributed by atoms with Crippen molar-refractivity contribution in [2.45, 2.75) is 26.3 Å². The molecule has 1 aliphatic rings. The Morgan fingerprint density at radius 3 is 2.76 bits per heavy atom. The van der Waals surface area contributed by atoms with Gasteiger partial charge in [0.05, 0.1) is 5.52 Å². The predicted octanol–water partition coefficient (Wildman–Crippen LogP) is 3.03. The molecule has 1 aromatic heterocycles. The minimum Gasteiger partial charge on any atom is -0.399 e. The van der Waals surface area contributed by atoms with Gasteiger partial charge in [-0.05, 0) is 42.2 Å². The Morgan fingerprint density at radius 2 is 2.06 bits per heavy atom. The first-order valence-electron chi connectivity index (χ1n) is 5.97. The highest BCUT2D eigenvalue weighted by Crippen LogP contribution is 2.46. The molecule has 0 spiro atoms. The monoisotopic (exact) mass is 227 g/mol. The molecule has 0 aliphatic heterocycles. The van der Waals surface area contributed by atoms with Crippen LogP contribution in [0.25, 0.3) is 10.9 Å². The minimum absolute atomic E-state index is 0.414. The summed E-state index contributed by atoms with van der Waals surface area (Å²) >= 11 is 0. The van der Waals surface area contributed by atoms with Gasteiger partial charge in [0.2, 0.25) is 0 Å². The van der Waals surface area contributed by atoms with Gasteiger partial charge in [0.15, 0.2) is 0 Å². The van der Waals surface area contributed by atoms with Crippen molar-refractivity contribution in [1.29, 1.82) is 0 Å². The summed E-state index contributed by atoms with van der Waals surface area (Å²) in [5, 5.41) is 4.56. The van der Waals surface area contributed by atoms with Gasteiger partial charge in [-0.1, -0.05) is 13.8 Å². The van der Waals surface area contributed by atoms with Gasteiger partial charge < -0.3 is 11.1 Å². The van der Waals surface area contributed by atoms with E-state index >= 15 is 0 Å². The van der Waals surface area contributed by atoms with E-state index in [0.717, 1.165) is 22.4 Å². The van der Waals surface area contributed by atoms with Crippen LogP contribution in [0.4, 0.5) is 11.5 Å². The van der Waals surface area contributed by atoms with Gasteiger partial charge in [0.1, 0.15) is 5.82 Å². The molecule has 88 valence electrons. The molecule has 2 aromatic rings. The van der Waals surface area contributed by atoms with Crippen molar-refractivity contribution in [2.75, 3.05) is 11.1 Å². The lowest BCUT2D eigenvalue weighted by Gasteiger charge is -2.08. The van der Waals surface area contributed by atoms with E-state index in [9.17, 15) is 0 Å². The molecule has 1 unspecified atom stereocenters. The molecule has 0 radical (unpaired) electrons. The number of nitrogen functional groups attached to an aromatic ring is 1. The number of hydrogen-bond donors (Lipinski definition) is 2. The van der Waals surface area contributed by atoms with Crippen molar-refractivity contribution in [3.63, 3.8) is 0 Å². The first-order valence-corrected chi connectivity index (χ1v) is 5.97. The van der Waals surface area contributed by atoms with Gasteiger partial charge in [-0.3, -0.25) is 0 Å². The fourth-order valence-corrected chi connectivity index (χ4v) is 2.12. The maximum Gasteiger partial charge on any atom is 0.126 e. The number of pyridine rings is 1. The maximum absolute atomic E-state index is 5.74. The van der Waals surface area contributed by atoms with Crippen LogP contribution in [0.2, 0.25) is 0 Å². The van der Waals surface area contributed by atoms with Gasteiger partial charge in [-0.2, -0.15) is 0 Å². The average Bonchev–Trinajstić information content (AvgIpc) is 2.86. The number of nitrogens with two attached hydrogens (primary N) is 1. The average molecular weight is 227 g/mol. The van der Waals surface area contributed by atoms with Crippen molar-refractivity contribution in [2.24, 2.45) is 5.41 Å². The van der Waals surface area contributed by atoms with Crippen LogP contribution in [0.5, 0.6) is 0 Å². The summed E-state index contributed by atoms with van der Waals surface area (Å²) < 4.78 is 0. The number of aromatic nitrogens is 1. The Labute approximate surface area is 101 Å². The second kappa shape index (κ2) is 3.36. The quantitative estimate of drug-likeness (QED) is 0.775. The smallest absolute Gasteiger partial charge is 0.126 e. The fourth-order valence-electron chi connectivity index (χ4n) is 2.12. The van der Waals surface area contributed by atoms with Crippen LogP contribution in [0.1, 0.15) is 20.3 Å². The van der Waals surface area contributed by atoms with Crippen LogP contribution in [-0.2, 0) is 0 Å². The summed E-state index contributed by atoms with van der Waals surface area (Å²) in [6.07, 6.45) is 1.22. The summed E-state index contributed by atoms with van der Waals surface area (Å²) in [4.78, 5) is 4.60. The molecule has 1 aliphatic carbocycles. The summed E-state index contributed by atoms with van der Waals surface area (Å²) in [5.41, 5.74) is 7.93. The number of rotatable bonds is 2. The normalized spacial score (nSPS) is 21.4. The third-order valence-electron chi connectivity index (χ3n) is 3.55. The lowest BCUT2D eigenvalue weighted by atomic mass is 10.2. The summed E-state index contributed by atoms with van der Waals surface area (Å²) in [6, 6.07) is 10.5. The molecule has 3 rings (SSSR count). The third-order valence-corrected chi connectivity index (χ3v) is 3.55. The Balaban J connectivity index is 1.89. The molecular weight excluding hydrogens is 210 g/mol. The van der Waals surface area contributed by atoms with Crippen molar-refractivity contribution < 1.29 is 0 Å². The number of fused-ring (bicyclic) bond motifs is 1. The van der Waals surface area contributed by atoms with Crippen LogP contribution >= 0.6 is 0 Å². The second-order valence-corrected chi connectivity index (χ2v) is 5.54. The highest BCUT2D eigenvalue weighted by atomic mass is 15.1. The second-order valence-electron chi connectivity index (χ2n) is 5.54. The van der Waals surface area contributed by atoms with Crippen molar-refractivity contribution >= 4 is 22.4 Å². The van der Waals surface area contributed by atoms with E-state index in [-0.39, 0.29) is 0 Å². The zero-order valence-corrected chi connectivity index (χ0v) is 10.2. The SMILES string of the molecule is CC1(C)CC1Nc1ccc2cc(N)ccc2n1. The molecular formula is C14H17N3. The highest BCUT2D eigenvalue weighted by Gasteiger charge is 2.45. The zero-order valence-electron chi connectivity index (χ0n) is 10.2. The molecule has 1 saturated carbocycles. The Kier molecular flexibility index (Phi) is 2.05. The molecule has 1 atom stereocenters. The van der Waals surface area contributed by atoms with Crippen LogP contribution in [0.15, 0.2) is 30.3 Å². The fraction of sp³-hybridized carbons (Fsp3) is 0.357. The van der Waals surface area contributed by atoms with E-state index in [4.69, 9.17) is 5.73 Å². The lowest BCUT2D eigenvalue weighted by molar-refractivity contribution is 0.630. The summed E-state index contributed by atoms with van der Waals surface area (Å²) in [6.45, 7) is 4.54. The molecule has 17 heavy (non-hydrogen) atoms. The van der Waals surface area contributed by atoms with Crippen molar-refractivity contribution in [3.8, 4) is 0 Å². The van der Waals surface area contributed by atoms with Crippen molar-refractivity contribution in [3.05, 3.63) is 30.3 Å². The summed E-state index contributed by atoms with van der Waals surface area (Å²) in [5.74, 6) is 0.956. The molecule has 3 heteroatoms. The maximum atomic E-state index is 5.74. The Hall–Kier alpha value is -1.77. The standard InChI is InChI=1S/C14H17N3/c1-14(2)8-12(14)17-13-6-3-9-7-10(15)4-5-11(9)16-13/h3-7,12H,8,15H2,1-2H3,(H,16,17). The van der Waals surface area contributed by atoms with Crippen LogP contribution < -0.4 is 11.1 Å². The lowest BCUT2D eigenvalue weighted by Crippen LogP contribution is -2.09. The molecule has 3 N–H and O–H groups in total. The molecule has 1 fully saturated rings. The van der Waals surface area contributed by atoms with Crippen molar-refractivity contribution in [1.82, 2.24) is 4.98 Å². The van der Waals surface area contributed by atoms with Gasteiger partial charge in [0, 0.05) is 17.1 Å². The van der Waals surface area contributed by atoms with Crippen LogP contribution in [0.3, 0.4) is 0 Å². The molecule has 0 amide bonds. The first kappa shape index (κ1) is 10.4. The highest BCUT2D eigenvalue weighted by molar-refractivity contribution is 5.83. The summed E-state index contributed by atoms with van der Waals surface area (Å²) in [7, 11) is 0. The van der Waals surface area contributed by atoms with Crippen LogP contribution in [-0.4, -0.2) is 11.0 Å². The molecule has 0 saturated heterocycles. The van der Waals surface area contributed by atoms with Gasteiger partial charge in [-0.25, -0.2) is 4.98 Å². The Morgan fingerprint density at radius 1 is 1.29 bits per heavy atom. The van der Waals surface area contributed by atoms with Gasteiger partial charge in [0.25, 0.3) is 0 Å². The third kappa shape index (κ3) is 1.93. The topological polar surface area (TPSA) is 50.9 Å². The Bertz CT molecular complexity index is 575. The van der Waals surface area contributed by atoms with E-state index in [2.05, 4.69) is 30.2 Å². The van der Waals surface area contributed by atoms with E-state index in [0.29, 0.717) is 11.5 Å².